The zero-order valence-electron chi connectivity index (χ0n) is 19.6. The first-order valence-electron chi connectivity index (χ1n) is 12.1. The summed E-state index contributed by atoms with van der Waals surface area (Å²) in [4.78, 5) is 18.1. The second-order valence-corrected chi connectivity index (χ2v) is 9.81. The molecule has 1 saturated heterocycles. The first-order chi connectivity index (χ1) is 16.6. The maximum absolute atomic E-state index is 13.9. The molecule has 34 heavy (non-hydrogen) atoms. The van der Waals surface area contributed by atoms with Crippen molar-refractivity contribution in [2.45, 2.75) is 56.7 Å². The van der Waals surface area contributed by atoms with Gasteiger partial charge in [-0.25, -0.2) is 0 Å². The van der Waals surface area contributed by atoms with Crippen molar-refractivity contribution in [1.29, 1.82) is 0 Å². The van der Waals surface area contributed by atoms with Gasteiger partial charge in [-0.15, -0.1) is 0 Å². The van der Waals surface area contributed by atoms with Crippen LogP contribution in [0, 0.1) is 6.92 Å². The van der Waals surface area contributed by atoms with Crippen molar-refractivity contribution in [1.82, 2.24) is 15.6 Å². The number of nitrogens with zero attached hydrogens (tertiary/aromatic N) is 3. The molecule has 2 aromatic rings. The van der Waals surface area contributed by atoms with Crippen LogP contribution < -0.4 is 10.6 Å². The van der Waals surface area contributed by atoms with E-state index in [0.29, 0.717) is 6.61 Å². The molecule has 2 N–H and O–H groups in total. The van der Waals surface area contributed by atoms with E-state index in [1.54, 1.807) is 0 Å². The van der Waals surface area contributed by atoms with Gasteiger partial charge in [-0.3, -0.25) is 9.78 Å². The smallest absolute Gasteiger partial charge is 0.250 e. The van der Waals surface area contributed by atoms with Gasteiger partial charge in [0.15, 0.2) is 6.17 Å². The fraction of sp³-hybridized carbons (Fsp3) is 0.407. The lowest BCUT2D eigenvalue weighted by atomic mass is 9.61. The van der Waals surface area contributed by atoms with Crippen molar-refractivity contribution in [3.05, 3.63) is 76.9 Å². The molecule has 0 bridgehead atoms. The first kappa shape index (κ1) is 21.2. The van der Waals surface area contributed by atoms with Gasteiger partial charge in [0, 0.05) is 36.7 Å². The van der Waals surface area contributed by atoms with Crippen molar-refractivity contribution < 1.29 is 9.53 Å². The third kappa shape index (κ3) is 3.06. The van der Waals surface area contributed by atoms with E-state index in [1.807, 2.05) is 24.7 Å². The summed E-state index contributed by atoms with van der Waals surface area (Å²) in [6.45, 7) is 5.52. The second-order valence-electron chi connectivity index (χ2n) is 9.81. The number of rotatable bonds is 3. The molecule has 0 saturated carbocycles. The number of pyridine rings is 1. The van der Waals surface area contributed by atoms with Gasteiger partial charge in [0.1, 0.15) is 0 Å². The number of benzene rings is 1. The summed E-state index contributed by atoms with van der Waals surface area (Å²) in [5.41, 5.74) is 6.31. The molecular weight excluding hydrogens is 426 g/mol. The minimum Gasteiger partial charge on any atom is -0.379 e. The molecule has 6 rings (SSSR count). The fourth-order valence-corrected chi connectivity index (χ4v) is 6.28. The first-order valence-corrected chi connectivity index (χ1v) is 12.1. The molecule has 1 spiro atoms. The predicted molar refractivity (Wildman–Crippen MR) is 129 cm³/mol. The van der Waals surface area contributed by atoms with Gasteiger partial charge < -0.3 is 15.4 Å². The fourth-order valence-electron chi connectivity index (χ4n) is 6.28. The van der Waals surface area contributed by atoms with Crippen LogP contribution in [0.5, 0.6) is 0 Å². The van der Waals surface area contributed by atoms with Crippen LogP contribution in [0.2, 0.25) is 0 Å². The van der Waals surface area contributed by atoms with E-state index < -0.39 is 5.41 Å². The quantitative estimate of drug-likeness (QED) is 0.722. The van der Waals surface area contributed by atoms with E-state index in [2.05, 4.69) is 64.0 Å². The average Bonchev–Trinajstić information content (AvgIpc) is 3.32. The van der Waals surface area contributed by atoms with Crippen LogP contribution in [-0.4, -0.2) is 35.8 Å². The molecule has 7 heteroatoms. The zero-order chi connectivity index (χ0) is 23.3. The van der Waals surface area contributed by atoms with Gasteiger partial charge in [0.25, 0.3) is 5.91 Å². The molecule has 1 aromatic heterocycles. The Kier molecular flexibility index (Phi) is 4.92. The number of aryl methyl sites for hydroxylation is 1. The van der Waals surface area contributed by atoms with Crippen LogP contribution in [0.15, 0.2) is 76.0 Å². The van der Waals surface area contributed by atoms with Crippen LogP contribution in [-0.2, 0) is 14.9 Å². The highest BCUT2D eigenvalue weighted by Gasteiger charge is 2.54. The van der Waals surface area contributed by atoms with Crippen LogP contribution in [0.3, 0.4) is 0 Å². The lowest BCUT2D eigenvalue weighted by molar-refractivity contribution is -0.123. The SMILES string of the molecule is CC[C@@]1(c2cccc(-c3ccncc3C)c2)C2=CN=NC2NC2=C1C(=O)N[C@]1(CCCOC1)C2. The molecule has 1 unspecified atom stereocenters. The summed E-state index contributed by atoms with van der Waals surface area (Å²) in [7, 11) is 0. The lowest BCUT2D eigenvalue weighted by Gasteiger charge is -2.50. The third-order valence-electron chi connectivity index (χ3n) is 7.87. The Morgan fingerprint density at radius 2 is 2.18 bits per heavy atom. The van der Waals surface area contributed by atoms with Gasteiger partial charge in [-0.1, -0.05) is 25.1 Å². The number of carbonyl (C=O) groups excluding carboxylic acids is 1. The number of carbonyl (C=O) groups is 1. The van der Waals surface area contributed by atoms with E-state index in [-0.39, 0.29) is 17.6 Å². The summed E-state index contributed by atoms with van der Waals surface area (Å²) in [6.07, 6.45) is 8.62. The van der Waals surface area contributed by atoms with Gasteiger partial charge in [-0.2, -0.15) is 10.2 Å². The Morgan fingerprint density at radius 3 is 2.97 bits per heavy atom. The van der Waals surface area contributed by atoms with Gasteiger partial charge in [0.2, 0.25) is 0 Å². The Balaban J connectivity index is 1.53. The molecule has 4 aliphatic rings. The highest BCUT2D eigenvalue weighted by atomic mass is 16.5. The second kappa shape index (κ2) is 7.87. The Labute approximate surface area is 199 Å². The normalized spacial score (nSPS) is 29.9. The Hall–Kier alpha value is -3.32. The van der Waals surface area contributed by atoms with Crippen molar-refractivity contribution in [2.24, 2.45) is 10.2 Å². The van der Waals surface area contributed by atoms with Gasteiger partial charge >= 0.3 is 0 Å². The van der Waals surface area contributed by atoms with E-state index in [9.17, 15) is 4.79 Å². The van der Waals surface area contributed by atoms with E-state index in [0.717, 1.165) is 71.4 Å². The number of hydrogen-bond donors (Lipinski definition) is 2. The molecule has 0 radical (unpaired) electrons. The van der Waals surface area contributed by atoms with Crippen LogP contribution in [0.1, 0.15) is 43.7 Å². The molecular formula is C27H29N5O2. The minimum absolute atomic E-state index is 0.0159. The van der Waals surface area contributed by atoms with E-state index in [4.69, 9.17) is 4.74 Å². The lowest BCUT2D eigenvalue weighted by Crippen LogP contribution is -2.62. The Bertz CT molecular complexity index is 1260. The summed E-state index contributed by atoms with van der Waals surface area (Å²) in [5, 5.41) is 15.7. The average molecular weight is 456 g/mol. The van der Waals surface area contributed by atoms with Crippen molar-refractivity contribution in [3.8, 4) is 11.1 Å². The number of nitrogens with one attached hydrogen (secondary N) is 2. The number of amides is 1. The van der Waals surface area contributed by atoms with Crippen LogP contribution in [0.4, 0.5) is 0 Å². The molecule has 4 aliphatic heterocycles. The van der Waals surface area contributed by atoms with E-state index in [1.165, 1.54) is 0 Å². The molecule has 174 valence electrons. The van der Waals surface area contributed by atoms with Gasteiger partial charge in [-0.05, 0) is 60.6 Å². The van der Waals surface area contributed by atoms with Crippen molar-refractivity contribution >= 4 is 5.91 Å². The highest BCUT2D eigenvalue weighted by molar-refractivity contribution is 6.00. The minimum atomic E-state index is -0.604. The largest absolute Gasteiger partial charge is 0.379 e. The van der Waals surface area contributed by atoms with E-state index >= 15 is 0 Å². The number of fused-ring (bicyclic) bond motifs is 1. The zero-order valence-corrected chi connectivity index (χ0v) is 19.6. The summed E-state index contributed by atoms with van der Waals surface area (Å²) < 4.78 is 5.79. The molecule has 1 aromatic carbocycles. The standard InChI is InChI=1S/C27H29N5O2/c1-3-27(19-7-4-6-18(12-19)20-8-10-28-14-17(20)2)21-15-29-32-24(21)30-22-13-26(9-5-11-34-16-26)31-25(33)23(22)27/h4,6-8,10,12,14-15,24,30H,3,5,9,11,13,16H2,1-2H3,(H,31,33)/t24?,26-,27-/m1/s1. The summed E-state index contributed by atoms with van der Waals surface area (Å²) in [6, 6.07) is 10.6. The number of hydrogen-bond acceptors (Lipinski definition) is 6. The number of aromatic nitrogens is 1. The predicted octanol–water partition coefficient (Wildman–Crippen LogP) is 4.31. The molecule has 7 nitrogen and oxygen atoms in total. The summed E-state index contributed by atoms with van der Waals surface area (Å²) in [5.74, 6) is -0.0159. The van der Waals surface area contributed by atoms with Crippen molar-refractivity contribution in [2.75, 3.05) is 13.2 Å². The van der Waals surface area contributed by atoms with Crippen LogP contribution in [0.25, 0.3) is 11.1 Å². The van der Waals surface area contributed by atoms with Crippen LogP contribution >= 0.6 is 0 Å². The van der Waals surface area contributed by atoms with Gasteiger partial charge in [0.05, 0.1) is 29.3 Å². The maximum atomic E-state index is 13.9. The number of ether oxygens (including phenoxy) is 1. The Morgan fingerprint density at radius 1 is 1.26 bits per heavy atom. The number of azo groups is 1. The van der Waals surface area contributed by atoms with Crippen molar-refractivity contribution in [3.63, 3.8) is 0 Å². The highest BCUT2D eigenvalue weighted by Crippen LogP contribution is 2.52. The third-order valence-corrected chi connectivity index (χ3v) is 7.87. The topological polar surface area (TPSA) is 88.0 Å². The molecule has 3 atom stereocenters. The monoisotopic (exact) mass is 455 g/mol. The molecule has 1 amide bonds. The maximum Gasteiger partial charge on any atom is 0.250 e. The molecule has 1 fully saturated rings. The molecule has 5 heterocycles. The summed E-state index contributed by atoms with van der Waals surface area (Å²) >= 11 is 0. The molecule has 0 aliphatic carbocycles.